The fourth-order valence-electron chi connectivity index (χ4n) is 1.51. The third-order valence-corrected chi connectivity index (χ3v) is 2.76. The smallest absolute Gasteiger partial charge is 0.335 e. The Hall–Kier alpha value is -2.43. The van der Waals surface area contributed by atoms with Gasteiger partial charge in [-0.25, -0.2) is 19.2 Å². The Kier molecular flexibility index (Phi) is 11.9. The van der Waals surface area contributed by atoms with Crippen LogP contribution in [0.4, 0.5) is 0 Å². The minimum absolute atomic E-state index is 0. The molecule has 0 atom stereocenters. The maximum Gasteiger partial charge on any atom is 0.335 e. The predicted octanol–water partition coefficient (Wildman–Crippen LogP) is 2.16. The molecule has 2 aromatic carbocycles. The van der Waals surface area contributed by atoms with Crippen LogP contribution in [0.3, 0.4) is 0 Å². The van der Waals surface area contributed by atoms with Gasteiger partial charge in [-0.05, 0) is 48.5 Å². The molecule has 2 aromatic rings. The van der Waals surface area contributed by atoms with Gasteiger partial charge in [0.2, 0.25) is 0 Å². The van der Waals surface area contributed by atoms with Crippen molar-refractivity contribution in [3.63, 3.8) is 0 Å². The minimum Gasteiger partial charge on any atom is -0.478 e. The van der Waals surface area contributed by atoms with Crippen molar-refractivity contribution in [2.45, 2.75) is 0 Å². The largest absolute Gasteiger partial charge is 0.478 e. The molecule has 8 nitrogen and oxygen atoms in total. The summed E-state index contributed by atoms with van der Waals surface area (Å²) in [5.41, 5.74) is 0.333. The van der Waals surface area contributed by atoms with Gasteiger partial charge >= 0.3 is 23.9 Å². The third kappa shape index (κ3) is 8.10. The second-order valence-electron chi connectivity index (χ2n) is 4.38. The Balaban J connectivity index is 0. The van der Waals surface area contributed by atoms with E-state index in [0.717, 1.165) is 0 Å². The molecular formula is C16H12O8Zn2. The standard InChI is InChI=1S/2C8H6O4.2Zn/c2*9-7(10)5-1-2-6(4-3-5)8(11)12;;/h2*1-4H,(H,9,10)(H,11,12);;. The van der Waals surface area contributed by atoms with Gasteiger partial charge in [0.25, 0.3) is 0 Å². The first-order valence-electron chi connectivity index (χ1n) is 6.35. The molecule has 0 aliphatic heterocycles. The number of hydrogen-bond acceptors (Lipinski definition) is 4. The first kappa shape index (κ1) is 25.8. The summed E-state index contributed by atoms with van der Waals surface area (Å²) in [6.45, 7) is 0. The fraction of sp³-hybridized carbons (Fsp3) is 0. The van der Waals surface area contributed by atoms with Gasteiger partial charge in [-0.2, -0.15) is 0 Å². The van der Waals surface area contributed by atoms with E-state index >= 15 is 0 Å². The third-order valence-electron chi connectivity index (χ3n) is 2.76. The number of rotatable bonds is 4. The number of benzene rings is 2. The summed E-state index contributed by atoms with van der Waals surface area (Å²) in [6, 6.07) is 10.0. The van der Waals surface area contributed by atoms with Crippen molar-refractivity contribution in [2.24, 2.45) is 0 Å². The van der Waals surface area contributed by atoms with Gasteiger partial charge in [-0.15, -0.1) is 0 Å². The Morgan fingerprint density at radius 3 is 0.615 bits per heavy atom. The Morgan fingerprint density at radius 2 is 0.538 bits per heavy atom. The van der Waals surface area contributed by atoms with Crippen molar-refractivity contribution in [2.75, 3.05) is 0 Å². The van der Waals surface area contributed by atoms with Crippen molar-refractivity contribution >= 4 is 23.9 Å². The van der Waals surface area contributed by atoms with E-state index in [1.165, 1.54) is 48.5 Å². The summed E-state index contributed by atoms with van der Waals surface area (Å²) in [4.78, 5) is 41.3. The summed E-state index contributed by atoms with van der Waals surface area (Å²) in [5, 5.41) is 33.9. The van der Waals surface area contributed by atoms with E-state index < -0.39 is 23.9 Å². The van der Waals surface area contributed by atoms with Gasteiger partial charge in [0.05, 0.1) is 22.3 Å². The number of carboxylic acid groups (broad SMARTS) is 4. The second kappa shape index (κ2) is 12.0. The summed E-state index contributed by atoms with van der Waals surface area (Å²) in [5.74, 6) is -4.25. The predicted molar refractivity (Wildman–Crippen MR) is 80.7 cm³/mol. The van der Waals surface area contributed by atoms with Crippen LogP contribution in [0.15, 0.2) is 48.5 Å². The Labute approximate surface area is 173 Å². The molecule has 0 aliphatic rings. The molecule has 0 saturated heterocycles. The van der Waals surface area contributed by atoms with Gasteiger partial charge in [-0.1, -0.05) is 0 Å². The van der Waals surface area contributed by atoms with Gasteiger partial charge < -0.3 is 20.4 Å². The zero-order valence-corrected chi connectivity index (χ0v) is 19.4. The molecule has 2 rings (SSSR count). The second-order valence-corrected chi connectivity index (χ2v) is 4.38. The van der Waals surface area contributed by atoms with Crippen molar-refractivity contribution in [1.82, 2.24) is 0 Å². The maximum atomic E-state index is 10.3. The summed E-state index contributed by atoms with van der Waals surface area (Å²) >= 11 is 0. The van der Waals surface area contributed by atoms with E-state index in [1.54, 1.807) is 0 Å². The first-order valence-corrected chi connectivity index (χ1v) is 6.35. The topological polar surface area (TPSA) is 149 Å². The molecule has 0 saturated carbocycles. The molecule has 0 amide bonds. The molecule has 0 fully saturated rings. The van der Waals surface area contributed by atoms with Gasteiger partial charge in [-0.3, -0.25) is 0 Å². The molecule has 0 aliphatic carbocycles. The van der Waals surface area contributed by atoms with Crippen LogP contribution in [0.2, 0.25) is 0 Å². The number of hydrogen-bond donors (Lipinski definition) is 4. The van der Waals surface area contributed by atoms with Crippen LogP contribution in [-0.4, -0.2) is 44.3 Å². The molecule has 0 spiro atoms. The van der Waals surface area contributed by atoms with E-state index in [4.69, 9.17) is 20.4 Å². The molecule has 4 N–H and O–H groups in total. The number of carbonyl (C=O) groups is 4. The normalized spacial score (nSPS) is 8.62. The van der Waals surface area contributed by atoms with Gasteiger partial charge in [0.15, 0.2) is 0 Å². The van der Waals surface area contributed by atoms with E-state index in [-0.39, 0.29) is 61.2 Å². The van der Waals surface area contributed by atoms with Gasteiger partial charge in [0.1, 0.15) is 0 Å². The van der Waals surface area contributed by atoms with Crippen LogP contribution in [-0.2, 0) is 39.0 Å². The Bertz CT molecular complexity index is 636. The van der Waals surface area contributed by atoms with E-state index in [1.807, 2.05) is 0 Å². The van der Waals surface area contributed by atoms with E-state index in [9.17, 15) is 19.2 Å². The van der Waals surface area contributed by atoms with Crippen molar-refractivity contribution < 1.29 is 78.6 Å². The summed E-state index contributed by atoms with van der Waals surface area (Å²) < 4.78 is 0. The first-order chi connectivity index (χ1) is 11.2. The molecular weight excluding hydrogens is 451 g/mol. The van der Waals surface area contributed by atoms with Gasteiger partial charge in [0, 0.05) is 39.0 Å². The van der Waals surface area contributed by atoms with E-state index in [0.29, 0.717) is 0 Å². The molecule has 26 heavy (non-hydrogen) atoms. The number of carboxylic acids is 4. The quantitative estimate of drug-likeness (QED) is 0.505. The van der Waals surface area contributed by atoms with E-state index in [2.05, 4.69) is 0 Å². The van der Waals surface area contributed by atoms with Crippen molar-refractivity contribution in [1.29, 1.82) is 0 Å². The molecule has 0 bridgehead atoms. The Morgan fingerprint density at radius 1 is 0.423 bits per heavy atom. The molecule has 0 aromatic heterocycles. The molecule has 0 heterocycles. The van der Waals surface area contributed by atoms with Crippen LogP contribution in [0.25, 0.3) is 0 Å². The summed E-state index contributed by atoms with van der Waals surface area (Å²) in [7, 11) is 0. The summed E-state index contributed by atoms with van der Waals surface area (Å²) in [6.07, 6.45) is 0. The van der Waals surface area contributed by atoms with Crippen molar-refractivity contribution in [3.05, 3.63) is 70.8 Å². The molecule has 0 radical (unpaired) electrons. The average Bonchev–Trinajstić information content (AvgIpc) is 2.55. The van der Waals surface area contributed by atoms with Crippen LogP contribution in [0.1, 0.15) is 41.4 Å². The zero-order chi connectivity index (χ0) is 18.3. The SMILES string of the molecule is O=C(O)c1ccc(C(=O)O)cc1.O=C(O)c1ccc(C(=O)O)cc1.[Zn].[Zn]. The number of aromatic carboxylic acids is 4. The minimum atomic E-state index is -1.06. The molecule has 128 valence electrons. The monoisotopic (exact) mass is 460 g/mol. The van der Waals surface area contributed by atoms with Crippen LogP contribution >= 0.6 is 0 Å². The molecule has 0 unspecified atom stereocenters. The van der Waals surface area contributed by atoms with Crippen molar-refractivity contribution in [3.8, 4) is 0 Å². The van der Waals surface area contributed by atoms with Crippen LogP contribution < -0.4 is 0 Å². The fourth-order valence-corrected chi connectivity index (χ4v) is 1.51. The van der Waals surface area contributed by atoms with Crippen LogP contribution in [0.5, 0.6) is 0 Å². The van der Waals surface area contributed by atoms with Crippen LogP contribution in [0, 0.1) is 0 Å². The average molecular weight is 463 g/mol. The zero-order valence-electron chi connectivity index (χ0n) is 13.5. The molecule has 10 heteroatoms. The maximum absolute atomic E-state index is 10.3.